The molecule has 0 atom stereocenters. The van der Waals surface area contributed by atoms with Crippen LogP contribution in [0.3, 0.4) is 0 Å². The molecule has 0 fully saturated rings. The van der Waals surface area contributed by atoms with Crippen molar-refractivity contribution in [3.05, 3.63) is 41.6 Å². The summed E-state index contributed by atoms with van der Waals surface area (Å²) >= 11 is 3.15. The van der Waals surface area contributed by atoms with E-state index in [9.17, 15) is 0 Å². The van der Waals surface area contributed by atoms with Gasteiger partial charge in [0, 0.05) is 0 Å². The average Bonchev–Trinajstić information content (AvgIpc) is 2.65. The van der Waals surface area contributed by atoms with E-state index >= 15 is 0 Å². The van der Waals surface area contributed by atoms with E-state index < -0.39 is 0 Å². The number of ether oxygens (including phenoxy) is 1. The van der Waals surface area contributed by atoms with Gasteiger partial charge in [0.05, 0.1) is 22.4 Å². The Labute approximate surface area is 109 Å². The maximum Gasteiger partial charge on any atom is 0.181 e. The van der Waals surface area contributed by atoms with Crippen molar-refractivity contribution in [1.82, 2.24) is 4.98 Å². The Kier molecular flexibility index (Phi) is 4.42. The van der Waals surface area contributed by atoms with Crippen LogP contribution in [0.5, 0.6) is 0 Å². The first-order valence-electron chi connectivity index (χ1n) is 5.23. The lowest BCUT2D eigenvalue weighted by molar-refractivity contribution is 0.169. The second-order valence-electron chi connectivity index (χ2n) is 3.52. The van der Waals surface area contributed by atoms with Crippen LogP contribution in [0.15, 0.2) is 34.5 Å². The highest BCUT2D eigenvalue weighted by molar-refractivity contribution is 8.01. The van der Waals surface area contributed by atoms with E-state index in [-0.39, 0.29) is 0 Å². The molecule has 2 N–H and O–H groups in total. The molecular formula is C12H14N2OS2. The van der Waals surface area contributed by atoms with Crippen LogP contribution in [0.25, 0.3) is 0 Å². The van der Waals surface area contributed by atoms with Crippen molar-refractivity contribution in [1.29, 1.82) is 0 Å². The third-order valence-electron chi connectivity index (χ3n) is 2.16. The lowest BCUT2D eigenvalue weighted by atomic mass is 10.2. The van der Waals surface area contributed by atoms with Crippen LogP contribution < -0.4 is 5.73 Å². The number of nitrogens with zero attached hydrogens (tertiary/aromatic N) is 1. The Morgan fingerprint density at radius 2 is 2.12 bits per heavy atom. The molecule has 0 bridgehead atoms. The molecular weight excluding hydrogens is 252 g/mol. The number of aryl methyl sites for hydroxylation is 1. The molecule has 0 aliphatic heterocycles. The number of anilines is 1. The summed E-state index contributed by atoms with van der Waals surface area (Å²) in [6, 6.07) is 10.1. The Morgan fingerprint density at radius 3 is 2.76 bits per heavy atom. The lowest BCUT2D eigenvalue weighted by Crippen LogP contribution is -1.91. The van der Waals surface area contributed by atoms with E-state index in [2.05, 4.69) is 17.1 Å². The molecule has 0 unspecified atom stereocenters. The fraction of sp³-hybridized carbons (Fsp3) is 0.250. The van der Waals surface area contributed by atoms with Gasteiger partial charge in [-0.25, -0.2) is 4.98 Å². The minimum atomic E-state index is 0.619. The number of thioether (sulfide) groups is 1. The van der Waals surface area contributed by atoms with Gasteiger partial charge in [-0.15, -0.1) is 0 Å². The standard InChI is InChI=1S/C12H14N2OS2/c1-9-11(17-12(13)14-9)16-8-15-7-10-5-3-2-4-6-10/h2-6H,7-8H2,1H3,(H2,13,14). The largest absolute Gasteiger partial charge is 0.375 e. The Bertz CT molecular complexity index is 471. The first-order chi connectivity index (χ1) is 8.25. The van der Waals surface area contributed by atoms with Crippen LogP contribution in [0, 0.1) is 6.92 Å². The summed E-state index contributed by atoms with van der Waals surface area (Å²) in [5.74, 6) is 0.622. The predicted octanol–water partition coefficient (Wildman–Crippen LogP) is 3.30. The molecule has 0 saturated heterocycles. The number of hydrogen-bond acceptors (Lipinski definition) is 5. The van der Waals surface area contributed by atoms with Crippen molar-refractivity contribution in [3.63, 3.8) is 0 Å². The molecule has 0 amide bonds. The number of aromatic nitrogens is 1. The quantitative estimate of drug-likeness (QED) is 0.512. The van der Waals surface area contributed by atoms with Crippen LogP contribution in [-0.2, 0) is 11.3 Å². The maximum atomic E-state index is 5.63. The van der Waals surface area contributed by atoms with E-state index in [1.807, 2.05) is 25.1 Å². The van der Waals surface area contributed by atoms with E-state index in [4.69, 9.17) is 10.5 Å². The van der Waals surface area contributed by atoms with Gasteiger partial charge in [-0.3, -0.25) is 0 Å². The summed E-state index contributed by atoms with van der Waals surface area (Å²) in [4.78, 5) is 4.17. The van der Waals surface area contributed by atoms with E-state index in [0.29, 0.717) is 17.7 Å². The zero-order chi connectivity index (χ0) is 12.1. The van der Waals surface area contributed by atoms with Crippen molar-refractivity contribution in [2.75, 3.05) is 11.7 Å². The second kappa shape index (κ2) is 6.05. The molecule has 2 aromatic rings. The van der Waals surface area contributed by atoms with Gasteiger partial charge in [0.25, 0.3) is 0 Å². The van der Waals surface area contributed by atoms with E-state index in [0.717, 1.165) is 9.90 Å². The number of thiazole rings is 1. The number of nitrogens with two attached hydrogens (primary N) is 1. The Hall–Kier alpha value is -1.04. The molecule has 1 aromatic carbocycles. The molecule has 0 aliphatic rings. The zero-order valence-electron chi connectivity index (χ0n) is 9.55. The molecule has 90 valence electrons. The second-order valence-corrected chi connectivity index (χ2v) is 5.74. The molecule has 2 rings (SSSR count). The normalized spacial score (nSPS) is 10.6. The highest BCUT2D eigenvalue weighted by Gasteiger charge is 2.05. The number of benzene rings is 1. The molecule has 5 heteroatoms. The number of nitrogen functional groups attached to an aromatic ring is 1. The third kappa shape index (κ3) is 3.73. The van der Waals surface area contributed by atoms with Crippen LogP contribution >= 0.6 is 23.1 Å². The van der Waals surface area contributed by atoms with Crippen molar-refractivity contribution in [3.8, 4) is 0 Å². The van der Waals surface area contributed by atoms with Crippen LogP contribution in [0.2, 0.25) is 0 Å². The summed E-state index contributed by atoms with van der Waals surface area (Å²) in [6.45, 7) is 2.60. The van der Waals surface area contributed by atoms with Gasteiger partial charge < -0.3 is 10.5 Å². The highest BCUT2D eigenvalue weighted by atomic mass is 32.2. The zero-order valence-corrected chi connectivity index (χ0v) is 11.2. The van der Waals surface area contributed by atoms with Crippen molar-refractivity contribution < 1.29 is 4.74 Å². The van der Waals surface area contributed by atoms with Gasteiger partial charge in [-0.1, -0.05) is 53.4 Å². The first-order valence-corrected chi connectivity index (χ1v) is 7.03. The molecule has 0 spiro atoms. The maximum absolute atomic E-state index is 5.63. The topological polar surface area (TPSA) is 48.1 Å². The predicted molar refractivity (Wildman–Crippen MR) is 73.2 cm³/mol. The Balaban J connectivity index is 1.75. The molecule has 1 aromatic heterocycles. The summed E-state index contributed by atoms with van der Waals surface area (Å²) in [6.07, 6.45) is 0. The van der Waals surface area contributed by atoms with E-state index in [1.165, 1.54) is 16.9 Å². The minimum Gasteiger partial charge on any atom is -0.375 e. The summed E-state index contributed by atoms with van der Waals surface area (Å²) in [5, 5.41) is 0.619. The van der Waals surface area contributed by atoms with E-state index in [1.54, 1.807) is 11.8 Å². The molecule has 1 heterocycles. The van der Waals surface area contributed by atoms with Crippen LogP contribution in [-0.4, -0.2) is 10.9 Å². The Morgan fingerprint density at radius 1 is 1.35 bits per heavy atom. The minimum absolute atomic E-state index is 0.619. The lowest BCUT2D eigenvalue weighted by Gasteiger charge is -2.03. The van der Waals surface area contributed by atoms with Crippen LogP contribution in [0.4, 0.5) is 5.13 Å². The van der Waals surface area contributed by atoms with Gasteiger partial charge in [-0.05, 0) is 12.5 Å². The molecule has 3 nitrogen and oxygen atoms in total. The SMILES string of the molecule is Cc1nc(N)sc1SCOCc1ccccc1. The molecule has 0 radical (unpaired) electrons. The fourth-order valence-electron chi connectivity index (χ4n) is 1.37. The molecule has 0 aliphatic carbocycles. The summed E-state index contributed by atoms with van der Waals surface area (Å²) < 4.78 is 6.72. The first kappa shape index (κ1) is 12.4. The summed E-state index contributed by atoms with van der Waals surface area (Å²) in [5.41, 5.74) is 7.80. The van der Waals surface area contributed by atoms with Gasteiger partial charge in [0.2, 0.25) is 0 Å². The highest BCUT2D eigenvalue weighted by Crippen LogP contribution is 2.30. The van der Waals surface area contributed by atoms with Gasteiger partial charge in [-0.2, -0.15) is 0 Å². The van der Waals surface area contributed by atoms with Gasteiger partial charge >= 0.3 is 0 Å². The average molecular weight is 266 g/mol. The van der Waals surface area contributed by atoms with Gasteiger partial charge in [0.1, 0.15) is 0 Å². The van der Waals surface area contributed by atoms with Crippen molar-refractivity contribution >= 4 is 28.2 Å². The molecule has 17 heavy (non-hydrogen) atoms. The number of rotatable bonds is 5. The number of hydrogen-bond donors (Lipinski definition) is 1. The smallest absolute Gasteiger partial charge is 0.181 e. The van der Waals surface area contributed by atoms with Crippen LogP contribution in [0.1, 0.15) is 11.3 Å². The van der Waals surface area contributed by atoms with Crippen molar-refractivity contribution in [2.24, 2.45) is 0 Å². The van der Waals surface area contributed by atoms with Gasteiger partial charge in [0.15, 0.2) is 5.13 Å². The summed E-state index contributed by atoms with van der Waals surface area (Å²) in [7, 11) is 0. The monoisotopic (exact) mass is 266 g/mol. The van der Waals surface area contributed by atoms with Crippen molar-refractivity contribution in [2.45, 2.75) is 17.7 Å². The third-order valence-corrected chi connectivity index (χ3v) is 4.38. The molecule has 0 saturated carbocycles. The fourth-order valence-corrected chi connectivity index (χ4v) is 3.10.